The molecule has 33 heavy (non-hydrogen) atoms. The highest BCUT2D eigenvalue weighted by molar-refractivity contribution is 5.95. The van der Waals surface area contributed by atoms with E-state index in [2.05, 4.69) is 21.2 Å². The molecule has 0 amide bonds. The van der Waals surface area contributed by atoms with E-state index < -0.39 is 0 Å². The van der Waals surface area contributed by atoms with Gasteiger partial charge in [0.15, 0.2) is 11.5 Å². The number of hydrogen-bond donors (Lipinski definition) is 1. The fourth-order valence-electron chi connectivity index (χ4n) is 3.62. The first-order chi connectivity index (χ1) is 16.2. The van der Waals surface area contributed by atoms with Gasteiger partial charge in [0.2, 0.25) is 0 Å². The lowest BCUT2D eigenvalue weighted by molar-refractivity contribution is 0.415. The Balaban J connectivity index is 1.67. The molecule has 0 fully saturated rings. The van der Waals surface area contributed by atoms with Crippen molar-refractivity contribution in [3.05, 3.63) is 103 Å². The van der Waals surface area contributed by atoms with E-state index in [-0.39, 0.29) is 0 Å². The molecule has 2 aromatic heterocycles. The molecule has 0 saturated heterocycles. The molecular formula is C27H19N5O. The van der Waals surface area contributed by atoms with Gasteiger partial charge in [-0.05, 0) is 59.7 Å². The summed E-state index contributed by atoms with van der Waals surface area (Å²) in [4.78, 5) is 17.3. The number of methoxy groups -OCH3 is 1. The van der Waals surface area contributed by atoms with Gasteiger partial charge in [-0.25, -0.2) is 14.8 Å². The minimum Gasteiger partial charge on any atom is -0.497 e. The van der Waals surface area contributed by atoms with Crippen molar-refractivity contribution in [2.45, 2.75) is 0 Å². The third-order valence-electron chi connectivity index (χ3n) is 5.26. The Bertz CT molecular complexity index is 1490. The number of rotatable bonds is 5. The molecular weight excluding hydrogens is 410 g/mol. The lowest BCUT2D eigenvalue weighted by Crippen LogP contribution is -2.00. The predicted octanol–water partition coefficient (Wildman–Crippen LogP) is 6.66. The highest BCUT2D eigenvalue weighted by Crippen LogP contribution is 2.32. The summed E-state index contributed by atoms with van der Waals surface area (Å²) in [6, 6.07) is 25.2. The minimum absolute atomic E-state index is 0.558. The molecule has 1 N–H and O–H groups in total. The Labute approximate surface area is 191 Å². The van der Waals surface area contributed by atoms with Gasteiger partial charge in [-0.3, -0.25) is 4.98 Å². The van der Waals surface area contributed by atoms with Gasteiger partial charge < -0.3 is 10.1 Å². The lowest BCUT2D eigenvalue weighted by atomic mass is 10.0. The maximum absolute atomic E-state index is 7.31. The number of ether oxygens (including phenoxy) is 1. The monoisotopic (exact) mass is 429 g/mol. The number of nitrogens with zero attached hydrogens (tertiary/aromatic N) is 4. The number of hydrogen-bond acceptors (Lipinski definition) is 5. The zero-order valence-corrected chi connectivity index (χ0v) is 17.9. The number of fused-ring (bicyclic) bond motifs is 1. The maximum Gasteiger partial charge on any atom is 0.189 e. The first-order valence-electron chi connectivity index (χ1n) is 10.3. The molecule has 0 unspecified atom stereocenters. The SMILES string of the molecule is [C-]#[N+]c1cccc(Nc2nc(-c3cccnc3)nc3ccc(-c4cccc(OC)c4)cc23)c1. The van der Waals surface area contributed by atoms with Gasteiger partial charge in [-0.15, -0.1) is 0 Å². The second-order valence-corrected chi connectivity index (χ2v) is 7.39. The van der Waals surface area contributed by atoms with Gasteiger partial charge in [0.1, 0.15) is 11.6 Å². The van der Waals surface area contributed by atoms with Crippen LogP contribution in [0.1, 0.15) is 0 Å². The van der Waals surface area contributed by atoms with Crippen molar-refractivity contribution in [1.82, 2.24) is 15.0 Å². The normalized spacial score (nSPS) is 10.5. The first kappa shape index (κ1) is 20.2. The van der Waals surface area contributed by atoms with Gasteiger partial charge in [-0.2, -0.15) is 0 Å². The van der Waals surface area contributed by atoms with Crippen LogP contribution >= 0.6 is 0 Å². The molecule has 0 spiro atoms. The Morgan fingerprint density at radius 2 is 1.70 bits per heavy atom. The molecule has 3 aromatic carbocycles. The van der Waals surface area contributed by atoms with Gasteiger partial charge in [-0.1, -0.05) is 30.3 Å². The largest absolute Gasteiger partial charge is 0.497 e. The second-order valence-electron chi connectivity index (χ2n) is 7.39. The van der Waals surface area contributed by atoms with Crippen LogP contribution < -0.4 is 10.1 Å². The third-order valence-corrected chi connectivity index (χ3v) is 5.26. The Kier molecular flexibility index (Phi) is 5.36. The molecule has 0 saturated carbocycles. The van der Waals surface area contributed by atoms with E-state index in [9.17, 15) is 0 Å². The molecule has 5 rings (SSSR count). The Hall–Kier alpha value is -4.76. The number of nitrogens with one attached hydrogen (secondary N) is 1. The molecule has 0 aliphatic heterocycles. The van der Waals surface area contributed by atoms with Crippen LogP contribution in [0, 0.1) is 6.57 Å². The van der Waals surface area contributed by atoms with Crippen LogP contribution in [0.5, 0.6) is 5.75 Å². The molecule has 0 bridgehead atoms. The summed E-state index contributed by atoms with van der Waals surface area (Å²) in [6.45, 7) is 7.31. The third kappa shape index (κ3) is 4.21. The average molecular weight is 429 g/mol. The molecule has 5 aromatic rings. The smallest absolute Gasteiger partial charge is 0.189 e. The van der Waals surface area contributed by atoms with Crippen LogP contribution in [-0.2, 0) is 0 Å². The summed E-state index contributed by atoms with van der Waals surface area (Å²) >= 11 is 0. The molecule has 0 radical (unpaired) electrons. The fourth-order valence-corrected chi connectivity index (χ4v) is 3.62. The van der Waals surface area contributed by atoms with E-state index in [0.717, 1.165) is 39.0 Å². The Morgan fingerprint density at radius 3 is 2.52 bits per heavy atom. The standard InChI is InChI=1S/C27H19N5O/c1-28-21-8-4-9-22(16-21)30-27-24-15-19(18-6-3-10-23(14-18)33-2)11-12-25(24)31-26(32-27)20-7-5-13-29-17-20/h3-17H,2H3,(H,30,31,32). The second kappa shape index (κ2) is 8.77. The summed E-state index contributed by atoms with van der Waals surface area (Å²) in [7, 11) is 1.66. The van der Waals surface area contributed by atoms with Gasteiger partial charge in [0.05, 0.1) is 19.2 Å². The number of pyridine rings is 1. The molecule has 158 valence electrons. The average Bonchev–Trinajstić information content (AvgIpc) is 2.89. The molecule has 2 heterocycles. The number of anilines is 2. The summed E-state index contributed by atoms with van der Waals surface area (Å²) in [5.74, 6) is 2.03. The molecule has 0 aliphatic carbocycles. The zero-order valence-electron chi connectivity index (χ0n) is 17.9. The van der Waals surface area contributed by atoms with Crippen LogP contribution in [0.2, 0.25) is 0 Å². The van der Waals surface area contributed by atoms with Crippen molar-refractivity contribution >= 4 is 28.1 Å². The number of aromatic nitrogens is 3. The van der Waals surface area contributed by atoms with Crippen LogP contribution in [0.4, 0.5) is 17.2 Å². The van der Waals surface area contributed by atoms with E-state index in [0.29, 0.717) is 17.3 Å². The van der Waals surface area contributed by atoms with E-state index >= 15 is 0 Å². The first-order valence-corrected chi connectivity index (χ1v) is 10.3. The van der Waals surface area contributed by atoms with E-state index in [1.54, 1.807) is 31.6 Å². The van der Waals surface area contributed by atoms with Crippen LogP contribution in [-0.4, -0.2) is 22.1 Å². The zero-order chi connectivity index (χ0) is 22.6. The van der Waals surface area contributed by atoms with Crippen molar-refractivity contribution < 1.29 is 4.74 Å². The van der Waals surface area contributed by atoms with Gasteiger partial charge in [0.25, 0.3) is 0 Å². The topological polar surface area (TPSA) is 64.3 Å². The van der Waals surface area contributed by atoms with E-state index in [1.165, 1.54) is 0 Å². The molecule has 6 heteroatoms. The predicted molar refractivity (Wildman–Crippen MR) is 131 cm³/mol. The Morgan fingerprint density at radius 1 is 0.848 bits per heavy atom. The van der Waals surface area contributed by atoms with Crippen molar-refractivity contribution in [3.8, 4) is 28.3 Å². The lowest BCUT2D eigenvalue weighted by Gasteiger charge is -2.13. The number of benzene rings is 3. The van der Waals surface area contributed by atoms with Crippen molar-refractivity contribution in [2.75, 3.05) is 12.4 Å². The van der Waals surface area contributed by atoms with Gasteiger partial charge >= 0.3 is 0 Å². The molecule has 0 atom stereocenters. The summed E-state index contributed by atoms with van der Waals surface area (Å²) in [6.07, 6.45) is 3.47. The van der Waals surface area contributed by atoms with Crippen LogP contribution in [0.3, 0.4) is 0 Å². The van der Waals surface area contributed by atoms with Crippen LogP contribution in [0.15, 0.2) is 91.3 Å². The fraction of sp³-hybridized carbons (Fsp3) is 0.0370. The maximum atomic E-state index is 7.31. The molecule has 6 nitrogen and oxygen atoms in total. The highest BCUT2D eigenvalue weighted by atomic mass is 16.5. The summed E-state index contributed by atoms with van der Waals surface area (Å²) in [5.41, 5.74) is 5.04. The van der Waals surface area contributed by atoms with E-state index in [4.69, 9.17) is 21.3 Å². The minimum atomic E-state index is 0.558. The van der Waals surface area contributed by atoms with Gasteiger partial charge in [0, 0.05) is 29.0 Å². The highest BCUT2D eigenvalue weighted by Gasteiger charge is 2.12. The van der Waals surface area contributed by atoms with Crippen molar-refractivity contribution in [2.24, 2.45) is 0 Å². The van der Waals surface area contributed by atoms with Crippen molar-refractivity contribution in [1.29, 1.82) is 0 Å². The summed E-state index contributed by atoms with van der Waals surface area (Å²) in [5, 5.41) is 4.26. The quantitative estimate of drug-likeness (QED) is 0.316. The van der Waals surface area contributed by atoms with Crippen LogP contribution in [0.25, 0.3) is 38.3 Å². The summed E-state index contributed by atoms with van der Waals surface area (Å²) < 4.78 is 5.39. The van der Waals surface area contributed by atoms with Crippen molar-refractivity contribution in [3.63, 3.8) is 0 Å². The van der Waals surface area contributed by atoms with E-state index in [1.807, 2.05) is 60.7 Å². The molecule has 0 aliphatic rings.